The standard InChI is InChI=1S/2C6H9N3.2C6H10N2.3C6H9NO.3C6H9NS.10C2H6/c1-5(2)6-3-8-9-4-7-6;1-5(2)6-7-3-4-8-9-6;1-5(2)6-3-7-8-4-6;1-5(2)6-3-4-7-8-6;1-5(2)6-3-7-8-4-6;1-5(2)6-3-4-8-7-6;1-5(2)6-3-4-7-8-6;1-5(2)6-3-7-8-4-6;1-5(2)6-3-4-8-7-6;1-5(2)6-3-4-7-8-6;10*1-2/h2*3-5H,1-2H3;2*3-5H,1-2H3,(H,7,8);6*3-5H,1-2H3;10*1-2H3. The topological polar surface area (TPSA) is 251 Å². The van der Waals surface area contributed by atoms with Gasteiger partial charge in [-0.25, -0.2) is 18.7 Å². The molecule has 102 heavy (non-hydrogen) atoms. The molecule has 22 heteroatoms. The van der Waals surface area contributed by atoms with Gasteiger partial charge in [0.05, 0.1) is 48.1 Å². The van der Waals surface area contributed by atoms with Gasteiger partial charge in [0.1, 0.15) is 24.6 Å². The molecule has 0 atom stereocenters. The van der Waals surface area contributed by atoms with E-state index in [0.29, 0.717) is 59.2 Å². The highest BCUT2D eigenvalue weighted by Gasteiger charge is 2.04. The summed E-state index contributed by atoms with van der Waals surface area (Å²) < 4.78 is 26.2. The van der Waals surface area contributed by atoms with Crippen molar-refractivity contribution >= 4 is 34.6 Å². The van der Waals surface area contributed by atoms with Crippen LogP contribution in [0.4, 0.5) is 0 Å². The Hall–Kier alpha value is -7.04. The molecule has 0 aliphatic heterocycles. The van der Waals surface area contributed by atoms with Gasteiger partial charge in [0.25, 0.3) is 0 Å². The number of nitrogens with zero attached hydrogens (tertiary/aromatic N) is 14. The average Bonchev–Trinajstić information content (AvgIpc) is 1.36. The molecule has 0 amide bonds. The molecule has 19 nitrogen and oxygen atoms in total. The first kappa shape index (κ1) is 116. The predicted octanol–water partition coefficient (Wildman–Crippen LogP) is 27.5. The molecule has 0 bridgehead atoms. The van der Waals surface area contributed by atoms with Gasteiger partial charge in [0, 0.05) is 81.8 Å². The molecule has 10 aromatic heterocycles. The summed E-state index contributed by atoms with van der Waals surface area (Å²) in [6.07, 6.45) is 22.4. The van der Waals surface area contributed by atoms with Crippen molar-refractivity contribution in [3.8, 4) is 0 Å². The van der Waals surface area contributed by atoms with E-state index in [4.69, 9.17) is 4.52 Å². The quantitative estimate of drug-likeness (QED) is 0.129. The summed E-state index contributed by atoms with van der Waals surface area (Å²) in [5, 5.41) is 43.0. The predicted molar refractivity (Wildman–Crippen MR) is 447 cm³/mol. The van der Waals surface area contributed by atoms with Gasteiger partial charge in [0.2, 0.25) is 0 Å². The number of hydrogen-bond acceptors (Lipinski definition) is 20. The molecular formula is C80H152N16O3S3. The molecule has 0 aliphatic carbocycles. The fourth-order valence-corrected chi connectivity index (χ4v) is 7.24. The lowest BCUT2D eigenvalue weighted by Crippen LogP contribution is -1.96. The van der Waals surface area contributed by atoms with E-state index in [9.17, 15) is 0 Å². The minimum Gasteiger partial charge on any atom is -0.365 e. The number of H-pyrrole nitrogens is 2. The molecule has 10 heterocycles. The number of hydrogen-bond donors (Lipinski definition) is 2. The van der Waals surface area contributed by atoms with Crippen LogP contribution in [0.3, 0.4) is 0 Å². The minimum atomic E-state index is 0.374. The molecule has 10 rings (SSSR count). The SMILES string of the molecule is CC.CC.CC.CC.CC.CC.CC.CC.CC.CC.CC(C)c1ccn[nH]1.CC(C)c1ccno1.CC(C)c1ccns1.CC(C)c1ccon1.CC(C)c1ccsn1.CC(C)c1cn[nH]c1.CC(C)c1cnncn1.CC(C)c1cnoc1.CC(C)c1cnsc1.CC(C)c1nccnn1. The zero-order valence-corrected chi connectivity index (χ0v) is 74.5. The maximum atomic E-state index is 4.84. The fraction of sp³-hybridized carbons (Fsp3) is 0.625. The van der Waals surface area contributed by atoms with Crippen LogP contribution in [0.25, 0.3) is 0 Å². The fourth-order valence-electron chi connectivity index (χ4n) is 5.32. The van der Waals surface area contributed by atoms with Gasteiger partial charge in [-0.15, -0.1) is 10.2 Å². The Balaban J connectivity index is -0.000000112. The van der Waals surface area contributed by atoms with Gasteiger partial charge in [0.15, 0.2) is 5.82 Å². The first-order valence-corrected chi connectivity index (χ1v) is 40.1. The summed E-state index contributed by atoms with van der Waals surface area (Å²) in [4.78, 5) is 9.38. The number of nitrogens with one attached hydrogen (secondary N) is 2. The first-order valence-electron chi connectivity index (χ1n) is 37.7. The maximum Gasteiger partial charge on any atom is 0.153 e. The van der Waals surface area contributed by atoms with Crippen molar-refractivity contribution in [3.63, 3.8) is 0 Å². The normalized spacial score (nSPS) is 8.88. The Bertz CT molecular complexity index is 2310. The van der Waals surface area contributed by atoms with Crippen molar-refractivity contribution in [3.05, 3.63) is 178 Å². The molecular weight excluding hydrogens is 1330 g/mol. The van der Waals surface area contributed by atoms with Crippen LogP contribution >= 0.6 is 34.6 Å². The van der Waals surface area contributed by atoms with E-state index in [0.717, 1.165) is 28.5 Å². The average molecular weight is 1480 g/mol. The van der Waals surface area contributed by atoms with Crippen molar-refractivity contribution in [1.29, 1.82) is 0 Å². The van der Waals surface area contributed by atoms with E-state index in [-0.39, 0.29) is 0 Å². The third-order valence-corrected chi connectivity index (χ3v) is 13.1. The molecule has 0 spiro atoms. The number of aromatic nitrogens is 16. The van der Waals surface area contributed by atoms with Crippen molar-refractivity contribution < 1.29 is 13.6 Å². The first-order chi connectivity index (χ1) is 49.0. The van der Waals surface area contributed by atoms with Crippen LogP contribution in [-0.4, -0.2) is 79.3 Å². The highest BCUT2D eigenvalue weighted by Crippen LogP contribution is 2.18. The summed E-state index contributed by atoms with van der Waals surface area (Å²) in [6.45, 7) is 82.3. The lowest BCUT2D eigenvalue weighted by Gasteiger charge is -1.98. The van der Waals surface area contributed by atoms with Crippen LogP contribution in [0.15, 0.2) is 135 Å². The Morgan fingerprint density at radius 1 is 0.392 bits per heavy atom. The Morgan fingerprint density at radius 3 is 1.18 bits per heavy atom. The number of rotatable bonds is 10. The third-order valence-electron chi connectivity index (χ3n) is 10.8. The maximum absolute atomic E-state index is 4.84. The zero-order valence-electron chi connectivity index (χ0n) is 72.0. The molecule has 588 valence electrons. The van der Waals surface area contributed by atoms with Gasteiger partial charge in [-0.1, -0.05) is 292 Å². The largest absolute Gasteiger partial charge is 0.365 e. The van der Waals surface area contributed by atoms with Crippen LogP contribution in [0.1, 0.15) is 392 Å². The van der Waals surface area contributed by atoms with Crippen molar-refractivity contribution in [2.24, 2.45) is 0 Å². The van der Waals surface area contributed by atoms with E-state index in [1.807, 2.05) is 201 Å². The van der Waals surface area contributed by atoms with Crippen LogP contribution in [0.5, 0.6) is 0 Å². The minimum absolute atomic E-state index is 0.374. The molecule has 0 fully saturated rings. The summed E-state index contributed by atoms with van der Waals surface area (Å²) in [7, 11) is 0. The van der Waals surface area contributed by atoms with E-state index in [1.165, 1.54) is 56.8 Å². The Labute approximate surface area is 637 Å². The highest BCUT2D eigenvalue weighted by molar-refractivity contribution is 7.05. The molecule has 0 aliphatic rings. The molecule has 10 aromatic rings. The lowest BCUT2D eigenvalue weighted by molar-refractivity contribution is 0.371. The molecule has 0 radical (unpaired) electrons. The molecule has 0 saturated carbocycles. The van der Waals surface area contributed by atoms with Crippen LogP contribution in [-0.2, 0) is 0 Å². The Kier molecular flexibility index (Phi) is 103. The second-order valence-corrected chi connectivity index (χ2v) is 23.4. The van der Waals surface area contributed by atoms with Crippen LogP contribution in [0, 0.1) is 0 Å². The van der Waals surface area contributed by atoms with E-state index >= 15 is 0 Å². The summed E-state index contributed by atoms with van der Waals surface area (Å²) in [6, 6.07) is 9.88. The van der Waals surface area contributed by atoms with Crippen molar-refractivity contribution in [1.82, 2.24) is 79.3 Å². The van der Waals surface area contributed by atoms with Crippen LogP contribution in [0.2, 0.25) is 0 Å². The van der Waals surface area contributed by atoms with E-state index in [2.05, 4.69) is 231 Å². The van der Waals surface area contributed by atoms with Gasteiger partial charge >= 0.3 is 0 Å². The second-order valence-electron chi connectivity index (χ2n) is 21.2. The van der Waals surface area contributed by atoms with E-state index in [1.54, 1.807) is 61.2 Å². The molecule has 0 unspecified atom stereocenters. The number of aromatic amines is 2. The lowest BCUT2D eigenvalue weighted by atomic mass is 10.1. The summed E-state index contributed by atoms with van der Waals surface area (Å²) in [5.74, 6) is 7.05. The van der Waals surface area contributed by atoms with Crippen LogP contribution < -0.4 is 0 Å². The van der Waals surface area contributed by atoms with Gasteiger partial charge in [-0.3, -0.25) is 10.2 Å². The summed E-state index contributed by atoms with van der Waals surface area (Å²) >= 11 is 4.62. The molecule has 2 N–H and O–H groups in total. The van der Waals surface area contributed by atoms with Gasteiger partial charge < -0.3 is 13.6 Å². The zero-order chi connectivity index (χ0) is 81.2. The van der Waals surface area contributed by atoms with Gasteiger partial charge in [-0.05, 0) is 111 Å². The molecule has 0 saturated heterocycles. The third kappa shape index (κ3) is 71.4. The highest BCUT2D eigenvalue weighted by atomic mass is 32.1. The second kappa shape index (κ2) is 90.0. The Morgan fingerprint density at radius 2 is 0.961 bits per heavy atom. The summed E-state index contributed by atoms with van der Waals surface area (Å²) in [5.41, 5.74) is 8.18. The van der Waals surface area contributed by atoms with Crippen molar-refractivity contribution in [2.45, 2.75) is 336 Å². The van der Waals surface area contributed by atoms with Crippen molar-refractivity contribution in [2.75, 3.05) is 0 Å². The molecule has 0 aromatic carbocycles. The smallest absolute Gasteiger partial charge is 0.153 e. The monoisotopic (exact) mass is 1480 g/mol. The van der Waals surface area contributed by atoms with E-state index < -0.39 is 0 Å². The van der Waals surface area contributed by atoms with Gasteiger partial charge in [-0.2, -0.15) is 24.8 Å².